The van der Waals surface area contributed by atoms with Crippen LogP contribution in [0.5, 0.6) is 0 Å². The summed E-state index contributed by atoms with van der Waals surface area (Å²) in [6.07, 6.45) is 0. The van der Waals surface area contributed by atoms with Crippen LogP contribution in [0.4, 0.5) is 0 Å². The number of hydrogen-bond donors (Lipinski definition) is 0. The highest BCUT2D eigenvalue weighted by Gasteiger charge is 2.66. The Kier molecular flexibility index (Phi) is 2.73. The first-order chi connectivity index (χ1) is 11.1. The van der Waals surface area contributed by atoms with E-state index in [0.717, 1.165) is 11.1 Å². The summed E-state index contributed by atoms with van der Waals surface area (Å²) < 4.78 is 6.47. The molecule has 124 valence electrons. The van der Waals surface area contributed by atoms with E-state index in [1.165, 1.54) is 11.1 Å². The first-order valence-corrected chi connectivity index (χ1v) is 8.46. The van der Waals surface area contributed by atoms with Crippen molar-refractivity contribution in [2.24, 2.45) is 11.3 Å². The molecule has 1 aromatic rings. The Bertz CT molecular complexity index is 902. The molecule has 0 radical (unpaired) electrons. The first kappa shape index (κ1) is 15.4. The molecule has 4 rings (SSSR count). The fourth-order valence-corrected chi connectivity index (χ4v) is 4.87. The number of carbonyl (C=O) groups excluding carboxylic acids is 2. The summed E-state index contributed by atoms with van der Waals surface area (Å²) in [5.74, 6) is -0.0448. The van der Waals surface area contributed by atoms with Crippen molar-refractivity contribution in [3.05, 3.63) is 51.6 Å². The second-order valence-electron chi connectivity index (χ2n) is 7.78. The average Bonchev–Trinajstić information content (AvgIpc) is 2.86. The number of rotatable bonds is 0. The van der Waals surface area contributed by atoms with Crippen LogP contribution in [0.3, 0.4) is 0 Å². The Morgan fingerprint density at radius 2 is 1.67 bits per heavy atom. The average molecular weight is 322 g/mol. The van der Waals surface area contributed by atoms with Crippen LogP contribution < -0.4 is 0 Å². The molecule has 3 aliphatic rings. The highest BCUT2D eigenvalue weighted by Crippen LogP contribution is 2.66. The summed E-state index contributed by atoms with van der Waals surface area (Å²) in [4.78, 5) is 25.8. The van der Waals surface area contributed by atoms with Gasteiger partial charge in [0.1, 0.15) is 11.4 Å². The second kappa shape index (κ2) is 4.27. The number of fused-ring (bicyclic) bond motifs is 4. The highest BCUT2D eigenvalue weighted by molar-refractivity contribution is 6.52. The zero-order valence-electron chi connectivity index (χ0n) is 15.0. The van der Waals surface area contributed by atoms with E-state index in [4.69, 9.17) is 4.74 Å². The number of aryl methyl sites for hydroxylation is 1. The summed E-state index contributed by atoms with van der Waals surface area (Å²) in [6.45, 7) is 12.4. The molecule has 3 heteroatoms. The monoisotopic (exact) mass is 322 g/mol. The van der Waals surface area contributed by atoms with E-state index in [1.807, 2.05) is 19.1 Å². The molecule has 3 atom stereocenters. The second-order valence-corrected chi connectivity index (χ2v) is 7.78. The molecule has 0 bridgehead atoms. The maximum Gasteiger partial charge on any atom is 0.234 e. The number of ether oxygens (including phenoxy) is 1. The van der Waals surface area contributed by atoms with Gasteiger partial charge in [-0.3, -0.25) is 9.59 Å². The number of hydrogen-bond acceptors (Lipinski definition) is 3. The van der Waals surface area contributed by atoms with E-state index in [0.29, 0.717) is 16.9 Å². The van der Waals surface area contributed by atoms with E-state index in [-0.39, 0.29) is 5.92 Å². The predicted octanol–water partition coefficient (Wildman–Crippen LogP) is 4.25. The molecule has 24 heavy (non-hydrogen) atoms. The lowest BCUT2D eigenvalue weighted by atomic mass is 9.63. The van der Waals surface area contributed by atoms with Crippen LogP contribution in [0.25, 0.3) is 5.76 Å². The molecule has 0 unspecified atom stereocenters. The fourth-order valence-electron chi connectivity index (χ4n) is 4.87. The minimum atomic E-state index is -0.580. The number of carbonyl (C=O) groups is 2. The van der Waals surface area contributed by atoms with Crippen molar-refractivity contribution in [2.75, 3.05) is 0 Å². The fraction of sp³-hybridized carbons (Fsp3) is 0.429. The number of allylic oxidation sites excluding steroid dienone is 1. The lowest BCUT2D eigenvalue weighted by Crippen LogP contribution is -2.45. The Balaban J connectivity index is 2.04. The van der Waals surface area contributed by atoms with Crippen LogP contribution in [-0.2, 0) is 9.53 Å². The molecule has 0 aromatic heterocycles. The molecular weight excluding hydrogens is 300 g/mol. The van der Waals surface area contributed by atoms with Crippen molar-refractivity contribution < 1.29 is 14.3 Å². The molecule has 1 aliphatic heterocycles. The quantitative estimate of drug-likeness (QED) is 0.530. The molecular formula is C21H22O3. The molecule has 2 aliphatic carbocycles. The molecule has 1 aromatic carbocycles. The summed E-state index contributed by atoms with van der Waals surface area (Å²) in [5.41, 5.74) is 4.09. The van der Waals surface area contributed by atoms with Crippen molar-refractivity contribution in [2.45, 2.75) is 47.1 Å². The van der Waals surface area contributed by atoms with Crippen LogP contribution >= 0.6 is 0 Å². The maximum absolute atomic E-state index is 13.0. The van der Waals surface area contributed by atoms with Crippen molar-refractivity contribution in [3.8, 4) is 0 Å². The Labute approximate surface area is 142 Å². The zero-order chi connectivity index (χ0) is 17.6. The summed E-state index contributed by atoms with van der Waals surface area (Å²) in [7, 11) is 0. The van der Waals surface area contributed by atoms with E-state index in [1.54, 1.807) is 6.07 Å². The molecule has 0 saturated heterocycles. The van der Waals surface area contributed by atoms with Gasteiger partial charge in [0, 0.05) is 16.5 Å². The van der Waals surface area contributed by atoms with Crippen LogP contribution in [0.1, 0.15) is 56.1 Å². The van der Waals surface area contributed by atoms with Crippen LogP contribution in [0, 0.1) is 18.3 Å². The van der Waals surface area contributed by atoms with Crippen LogP contribution in [-0.4, -0.2) is 17.2 Å². The van der Waals surface area contributed by atoms with Crippen LogP contribution in [0.15, 0.2) is 34.9 Å². The van der Waals surface area contributed by atoms with E-state index >= 15 is 0 Å². The van der Waals surface area contributed by atoms with Gasteiger partial charge in [-0.15, -0.1) is 0 Å². The van der Waals surface area contributed by atoms with Crippen molar-refractivity contribution in [1.82, 2.24) is 0 Å². The van der Waals surface area contributed by atoms with Crippen LogP contribution in [0.2, 0.25) is 0 Å². The number of ketones is 2. The highest BCUT2D eigenvalue weighted by atomic mass is 16.5. The van der Waals surface area contributed by atoms with E-state index < -0.39 is 22.6 Å². The van der Waals surface area contributed by atoms with Gasteiger partial charge < -0.3 is 4.74 Å². The van der Waals surface area contributed by atoms with Gasteiger partial charge in [0.05, 0.1) is 5.57 Å². The molecule has 3 nitrogen and oxygen atoms in total. The molecule has 0 saturated carbocycles. The van der Waals surface area contributed by atoms with Gasteiger partial charge in [0.15, 0.2) is 0 Å². The Hall–Kier alpha value is -2.16. The van der Waals surface area contributed by atoms with Gasteiger partial charge in [-0.05, 0) is 45.3 Å². The molecule has 0 amide bonds. The first-order valence-electron chi connectivity index (χ1n) is 8.46. The van der Waals surface area contributed by atoms with E-state index in [9.17, 15) is 9.59 Å². The molecule has 0 N–H and O–H groups in total. The van der Waals surface area contributed by atoms with Gasteiger partial charge in [-0.1, -0.05) is 37.1 Å². The number of benzene rings is 1. The van der Waals surface area contributed by atoms with Gasteiger partial charge in [0.2, 0.25) is 11.6 Å². The van der Waals surface area contributed by atoms with Gasteiger partial charge in [-0.25, -0.2) is 0 Å². The summed E-state index contributed by atoms with van der Waals surface area (Å²) >= 11 is 0. The van der Waals surface area contributed by atoms with Crippen molar-refractivity contribution in [3.63, 3.8) is 0 Å². The molecule has 1 heterocycles. The van der Waals surface area contributed by atoms with Crippen molar-refractivity contribution in [1.29, 1.82) is 0 Å². The third kappa shape index (κ3) is 1.40. The third-order valence-electron chi connectivity index (χ3n) is 6.96. The topological polar surface area (TPSA) is 43.4 Å². The molecule has 0 fully saturated rings. The lowest BCUT2D eigenvalue weighted by molar-refractivity contribution is -0.113. The normalized spacial score (nSPS) is 34.3. The Morgan fingerprint density at radius 3 is 2.33 bits per heavy atom. The number of Topliss-reactive ketones (excluding diaryl/α,β-unsaturated/α-hetero) is 2. The minimum Gasteiger partial charge on any atom is -0.481 e. The zero-order valence-corrected chi connectivity index (χ0v) is 15.0. The standard InChI is InChI=1S/C21H22O3/c1-10-7-8-14-15(9-10)17(22)18(23)16-19(14)24-21(6)13(4)11(2)12(3)20(16,21)5/h7-9,12H,1-6H3/t12-,20-,21-/m0/s1. The SMILES string of the molecule is CC1=C(C)[C@]2(C)OC3=C(C(=O)C(=O)c4cc(C)ccc43)[C@]2(C)[C@H]1C. The predicted molar refractivity (Wildman–Crippen MR) is 92.6 cm³/mol. The third-order valence-corrected chi connectivity index (χ3v) is 6.96. The molecule has 0 spiro atoms. The van der Waals surface area contributed by atoms with Gasteiger partial charge in [-0.2, -0.15) is 0 Å². The summed E-state index contributed by atoms with van der Waals surface area (Å²) in [5, 5.41) is 0. The van der Waals surface area contributed by atoms with E-state index in [2.05, 4.69) is 34.6 Å². The smallest absolute Gasteiger partial charge is 0.234 e. The largest absolute Gasteiger partial charge is 0.481 e. The lowest BCUT2D eigenvalue weighted by Gasteiger charge is -2.39. The van der Waals surface area contributed by atoms with Crippen molar-refractivity contribution >= 4 is 17.3 Å². The Morgan fingerprint density at radius 1 is 1.00 bits per heavy atom. The summed E-state index contributed by atoms with van der Waals surface area (Å²) in [6, 6.07) is 5.67. The maximum atomic E-state index is 13.0. The minimum absolute atomic E-state index is 0.152. The van der Waals surface area contributed by atoms with Gasteiger partial charge in [0.25, 0.3) is 0 Å². The van der Waals surface area contributed by atoms with Gasteiger partial charge >= 0.3 is 0 Å².